The summed E-state index contributed by atoms with van der Waals surface area (Å²) in [5.74, 6) is 0.866. The van der Waals surface area contributed by atoms with Gasteiger partial charge in [-0.1, -0.05) is 48.0 Å². The molecule has 0 N–H and O–H groups in total. The lowest BCUT2D eigenvalue weighted by atomic mass is 10.1. The minimum absolute atomic E-state index is 0.120. The quantitative estimate of drug-likeness (QED) is 0.342. The first-order valence-corrected chi connectivity index (χ1v) is 10.7. The Kier molecular flexibility index (Phi) is 6.92. The van der Waals surface area contributed by atoms with E-state index in [2.05, 4.69) is 31.7 Å². The number of halogens is 1. The molecular weight excluding hydrogens is 412 g/mol. The lowest BCUT2D eigenvalue weighted by Crippen LogP contribution is -2.26. The van der Waals surface area contributed by atoms with Crippen LogP contribution in [0.1, 0.15) is 18.3 Å². The van der Waals surface area contributed by atoms with E-state index < -0.39 is 0 Å². The summed E-state index contributed by atoms with van der Waals surface area (Å²) >= 11 is 6.14. The van der Waals surface area contributed by atoms with E-state index in [0.717, 1.165) is 28.2 Å². The zero-order valence-electron chi connectivity index (χ0n) is 17.7. The standard InChI is InChI=1S/C24H25ClN4O2/c1-3-31-19(16-30-15-18-8-5-4-6-9-18)14-29-17(2)27-24-23(29)20(12-13-26-24)21-10-7-11-22(25)28-21/h4-13,19H,3,14-16H2,1-2H3. The first-order valence-electron chi connectivity index (χ1n) is 10.3. The van der Waals surface area contributed by atoms with E-state index in [1.807, 2.05) is 50.2 Å². The zero-order chi connectivity index (χ0) is 21.6. The molecule has 6 nitrogen and oxygen atoms in total. The number of ether oxygens (including phenoxy) is 2. The van der Waals surface area contributed by atoms with Crippen molar-refractivity contribution in [3.05, 3.63) is 77.3 Å². The molecule has 3 heterocycles. The number of hydrogen-bond acceptors (Lipinski definition) is 5. The molecule has 4 rings (SSSR count). The maximum Gasteiger partial charge on any atom is 0.178 e. The minimum atomic E-state index is -0.120. The van der Waals surface area contributed by atoms with Gasteiger partial charge in [-0.05, 0) is 37.6 Å². The van der Waals surface area contributed by atoms with Crippen LogP contribution in [0.4, 0.5) is 0 Å². The number of imidazole rings is 1. The van der Waals surface area contributed by atoms with Gasteiger partial charge in [0, 0.05) is 18.4 Å². The summed E-state index contributed by atoms with van der Waals surface area (Å²) in [4.78, 5) is 13.6. The molecular formula is C24H25ClN4O2. The molecule has 31 heavy (non-hydrogen) atoms. The van der Waals surface area contributed by atoms with Gasteiger partial charge in [0.2, 0.25) is 0 Å². The van der Waals surface area contributed by atoms with Crippen molar-refractivity contribution in [1.29, 1.82) is 0 Å². The lowest BCUT2D eigenvalue weighted by molar-refractivity contribution is -0.0245. The molecule has 0 saturated carbocycles. The van der Waals surface area contributed by atoms with Crippen molar-refractivity contribution in [2.75, 3.05) is 13.2 Å². The van der Waals surface area contributed by atoms with Crippen LogP contribution in [0.5, 0.6) is 0 Å². The van der Waals surface area contributed by atoms with Gasteiger partial charge in [0.15, 0.2) is 5.65 Å². The zero-order valence-corrected chi connectivity index (χ0v) is 18.4. The van der Waals surface area contributed by atoms with E-state index in [0.29, 0.717) is 37.2 Å². The predicted molar refractivity (Wildman–Crippen MR) is 122 cm³/mol. The second-order valence-electron chi connectivity index (χ2n) is 7.22. The molecule has 1 aromatic carbocycles. The Morgan fingerprint density at radius 2 is 1.87 bits per heavy atom. The van der Waals surface area contributed by atoms with Crippen molar-refractivity contribution in [3.8, 4) is 11.3 Å². The largest absolute Gasteiger partial charge is 0.374 e. The Labute approximate surface area is 186 Å². The number of fused-ring (bicyclic) bond motifs is 1. The minimum Gasteiger partial charge on any atom is -0.374 e. The highest BCUT2D eigenvalue weighted by molar-refractivity contribution is 6.29. The molecule has 160 valence electrons. The summed E-state index contributed by atoms with van der Waals surface area (Å²) in [5.41, 5.74) is 4.46. The van der Waals surface area contributed by atoms with Crippen LogP contribution < -0.4 is 0 Å². The van der Waals surface area contributed by atoms with Gasteiger partial charge in [-0.3, -0.25) is 0 Å². The first kappa shape index (κ1) is 21.4. The van der Waals surface area contributed by atoms with E-state index in [4.69, 9.17) is 21.1 Å². The summed E-state index contributed by atoms with van der Waals surface area (Å²) in [6, 6.07) is 17.7. The number of aryl methyl sites for hydroxylation is 1. The summed E-state index contributed by atoms with van der Waals surface area (Å²) in [6.45, 7) is 6.20. The van der Waals surface area contributed by atoms with Crippen LogP contribution in [0.2, 0.25) is 5.15 Å². The van der Waals surface area contributed by atoms with E-state index in [1.54, 1.807) is 12.3 Å². The third-order valence-electron chi connectivity index (χ3n) is 5.03. The molecule has 0 aliphatic rings. The smallest absolute Gasteiger partial charge is 0.178 e. The molecule has 4 aromatic rings. The van der Waals surface area contributed by atoms with Crippen LogP contribution >= 0.6 is 11.6 Å². The monoisotopic (exact) mass is 436 g/mol. The Balaban J connectivity index is 1.60. The average molecular weight is 437 g/mol. The van der Waals surface area contributed by atoms with Gasteiger partial charge in [0.1, 0.15) is 11.0 Å². The summed E-state index contributed by atoms with van der Waals surface area (Å²) in [5, 5.41) is 0.451. The molecule has 0 radical (unpaired) electrons. The summed E-state index contributed by atoms with van der Waals surface area (Å²) < 4.78 is 14.1. The summed E-state index contributed by atoms with van der Waals surface area (Å²) in [6.07, 6.45) is 1.63. The van der Waals surface area contributed by atoms with E-state index >= 15 is 0 Å². The highest BCUT2D eigenvalue weighted by Crippen LogP contribution is 2.28. The second kappa shape index (κ2) is 10.0. The molecule has 7 heteroatoms. The number of hydrogen-bond donors (Lipinski definition) is 0. The van der Waals surface area contributed by atoms with Crippen LogP contribution in [-0.2, 0) is 22.6 Å². The van der Waals surface area contributed by atoms with Gasteiger partial charge in [-0.2, -0.15) is 0 Å². The molecule has 0 amide bonds. The van der Waals surface area contributed by atoms with Crippen LogP contribution in [0.15, 0.2) is 60.8 Å². The normalized spacial score (nSPS) is 12.4. The number of aromatic nitrogens is 4. The van der Waals surface area contributed by atoms with Crippen molar-refractivity contribution in [3.63, 3.8) is 0 Å². The summed E-state index contributed by atoms with van der Waals surface area (Å²) in [7, 11) is 0. The van der Waals surface area contributed by atoms with Crippen LogP contribution in [0.3, 0.4) is 0 Å². The van der Waals surface area contributed by atoms with Gasteiger partial charge >= 0.3 is 0 Å². The van der Waals surface area contributed by atoms with Crippen molar-refractivity contribution in [2.24, 2.45) is 0 Å². The molecule has 1 unspecified atom stereocenters. The molecule has 0 bridgehead atoms. The van der Waals surface area contributed by atoms with Crippen molar-refractivity contribution < 1.29 is 9.47 Å². The van der Waals surface area contributed by atoms with Crippen LogP contribution in [-0.4, -0.2) is 38.8 Å². The Hall–Kier alpha value is -2.80. The van der Waals surface area contributed by atoms with Crippen LogP contribution in [0, 0.1) is 6.92 Å². The second-order valence-corrected chi connectivity index (χ2v) is 7.61. The maximum absolute atomic E-state index is 6.14. The average Bonchev–Trinajstić information content (AvgIpc) is 3.09. The van der Waals surface area contributed by atoms with E-state index in [-0.39, 0.29) is 6.10 Å². The van der Waals surface area contributed by atoms with Gasteiger partial charge in [0.05, 0.1) is 37.1 Å². The lowest BCUT2D eigenvalue weighted by Gasteiger charge is -2.20. The molecule has 0 aliphatic carbocycles. The fourth-order valence-corrected chi connectivity index (χ4v) is 3.79. The Morgan fingerprint density at radius 3 is 2.65 bits per heavy atom. The molecule has 0 saturated heterocycles. The van der Waals surface area contributed by atoms with Gasteiger partial charge in [0.25, 0.3) is 0 Å². The van der Waals surface area contributed by atoms with E-state index in [1.165, 1.54) is 0 Å². The number of benzene rings is 1. The topological polar surface area (TPSA) is 62.1 Å². The SMILES string of the molecule is CCOC(COCc1ccccc1)Cn1c(C)nc2nccc(-c3cccc(Cl)n3)c21. The fraction of sp³-hybridized carbons (Fsp3) is 0.292. The third kappa shape index (κ3) is 5.10. The van der Waals surface area contributed by atoms with Gasteiger partial charge in [-0.15, -0.1) is 0 Å². The highest BCUT2D eigenvalue weighted by atomic mass is 35.5. The third-order valence-corrected chi connectivity index (χ3v) is 5.24. The molecule has 0 fully saturated rings. The first-order chi connectivity index (χ1) is 15.2. The molecule has 1 atom stereocenters. The fourth-order valence-electron chi connectivity index (χ4n) is 3.63. The Morgan fingerprint density at radius 1 is 1.03 bits per heavy atom. The maximum atomic E-state index is 6.14. The predicted octanol–water partition coefficient (Wildman–Crippen LogP) is 5.08. The van der Waals surface area contributed by atoms with Crippen LogP contribution in [0.25, 0.3) is 22.4 Å². The van der Waals surface area contributed by atoms with E-state index in [9.17, 15) is 0 Å². The van der Waals surface area contributed by atoms with Gasteiger partial charge < -0.3 is 14.0 Å². The Bertz CT molecular complexity index is 1150. The van der Waals surface area contributed by atoms with Crippen molar-refractivity contribution in [2.45, 2.75) is 33.1 Å². The molecule has 0 spiro atoms. The molecule has 0 aliphatic heterocycles. The number of rotatable bonds is 9. The van der Waals surface area contributed by atoms with Gasteiger partial charge in [-0.25, -0.2) is 15.0 Å². The number of pyridine rings is 2. The highest BCUT2D eigenvalue weighted by Gasteiger charge is 2.19. The van der Waals surface area contributed by atoms with Crippen molar-refractivity contribution >= 4 is 22.8 Å². The number of nitrogens with zero attached hydrogens (tertiary/aromatic N) is 4. The molecule has 3 aromatic heterocycles. The van der Waals surface area contributed by atoms with Crippen molar-refractivity contribution in [1.82, 2.24) is 19.5 Å².